The highest BCUT2D eigenvalue weighted by molar-refractivity contribution is 6.23. The van der Waals surface area contributed by atoms with E-state index in [0.29, 0.717) is 24.2 Å². The maximum absolute atomic E-state index is 13.8. The summed E-state index contributed by atoms with van der Waals surface area (Å²) in [6.45, 7) is 2.31. The van der Waals surface area contributed by atoms with Gasteiger partial charge in [-0.1, -0.05) is 37.5 Å². The first-order valence-electron chi connectivity index (χ1n) is 12.2. The van der Waals surface area contributed by atoms with Crippen molar-refractivity contribution in [2.45, 2.75) is 57.0 Å². The Bertz CT molecular complexity index is 1310. The fraction of sp³-hybridized carbons (Fsp3) is 0.370. The van der Waals surface area contributed by atoms with Crippen molar-refractivity contribution in [2.24, 2.45) is 0 Å². The molecular weight excluding hydrogens is 428 g/mol. The van der Waals surface area contributed by atoms with Gasteiger partial charge in [-0.05, 0) is 62.1 Å². The molecule has 1 atom stereocenters. The number of rotatable bonds is 3. The number of carbonyl (C=O) groups excluding carboxylic acids is 3. The van der Waals surface area contributed by atoms with Crippen LogP contribution in [-0.4, -0.2) is 40.3 Å². The molecule has 1 saturated heterocycles. The molecule has 2 aromatic carbocycles. The first kappa shape index (κ1) is 21.0. The third-order valence-corrected chi connectivity index (χ3v) is 7.80. The van der Waals surface area contributed by atoms with Gasteiger partial charge in [0.2, 0.25) is 0 Å². The van der Waals surface area contributed by atoms with E-state index >= 15 is 0 Å². The van der Waals surface area contributed by atoms with Crippen molar-refractivity contribution in [1.29, 1.82) is 0 Å². The zero-order valence-electron chi connectivity index (χ0n) is 19.3. The first-order valence-corrected chi connectivity index (χ1v) is 12.2. The van der Waals surface area contributed by atoms with Gasteiger partial charge in [-0.25, -0.2) is 9.69 Å². The number of aromatic nitrogens is 1. The number of benzene rings is 2. The Balaban J connectivity index is 1.29. The Morgan fingerprint density at radius 3 is 2.53 bits per heavy atom. The topological polar surface area (TPSA) is 85.5 Å². The molecule has 2 aliphatic heterocycles. The lowest BCUT2D eigenvalue weighted by Crippen LogP contribution is -2.49. The predicted molar refractivity (Wildman–Crippen MR) is 130 cm³/mol. The second-order valence-corrected chi connectivity index (χ2v) is 9.78. The maximum Gasteiger partial charge on any atom is 0.332 e. The van der Waals surface area contributed by atoms with E-state index in [1.807, 2.05) is 25.1 Å². The van der Waals surface area contributed by atoms with Crippen LogP contribution in [0.1, 0.15) is 60.6 Å². The number of aromatic amines is 1. The van der Waals surface area contributed by atoms with E-state index in [-0.39, 0.29) is 23.9 Å². The molecule has 34 heavy (non-hydrogen) atoms. The fourth-order valence-electron chi connectivity index (χ4n) is 5.90. The fourth-order valence-corrected chi connectivity index (χ4v) is 5.90. The lowest BCUT2D eigenvalue weighted by molar-refractivity contribution is -0.125. The van der Waals surface area contributed by atoms with E-state index in [9.17, 15) is 14.4 Å². The van der Waals surface area contributed by atoms with Crippen molar-refractivity contribution < 1.29 is 14.4 Å². The molecule has 0 spiro atoms. The smallest absolute Gasteiger partial charge is 0.332 e. The van der Waals surface area contributed by atoms with Gasteiger partial charge in [0.05, 0.1) is 11.4 Å². The summed E-state index contributed by atoms with van der Waals surface area (Å²) in [6, 6.07) is 14.7. The summed E-state index contributed by atoms with van der Waals surface area (Å²) in [7, 11) is 0. The molecule has 1 saturated carbocycles. The Hall–Kier alpha value is -3.61. The number of nitrogens with one attached hydrogen (secondary N) is 2. The molecule has 3 aromatic rings. The third kappa shape index (κ3) is 2.99. The minimum Gasteiger partial charge on any atom is -0.356 e. The summed E-state index contributed by atoms with van der Waals surface area (Å²) in [5.74, 6) is -0.381. The predicted octanol–water partition coefficient (Wildman–Crippen LogP) is 4.47. The van der Waals surface area contributed by atoms with Crippen LogP contribution in [0.4, 0.5) is 10.5 Å². The van der Waals surface area contributed by atoms with Crippen LogP contribution in [-0.2, 0) is 16.8 Å². The molecule has 174 valence electrons. The number of hydrogen-bond acceptors (Lipinski definition) is 3. The van der Waals surface area contributed by atoms with Crippen LogP contribution in [0.15, 0.2) is 48.5 Å². The molecule has 2 N–H and O–H groups in total. The average molecular weight is 457 g/mol. The molecule has 3 aliphatic rings. The zero-order chi connectivity index (χ0) is 23.4. The van der Waals surface area contributed by atoms with Crippen molar-refractivity contribution in [3.05, 3.63) is 65.4 Å². The van der Waals surface area contributed by atoms with Crippen LogP contribution in [0, 0.1) is 0 Å². The lowest BCUT2D eigenvalue weighted by Gasteiger charge is -2.35. The van der Waals surface area contributed by atoms with Crippen LogP contribution in [0.25, 0.3) is 10.9 Å². The minimum absolute atomic E-state index is 0.107. The number of para-hydroxylation sites is 1. The largest absolute Gasteiger partial charge is 0.356 e. The monoisotopic (exact) mass is 456 g/mol. The van der Waals surface area contributed by atoms with Gasteiger partial charge in [0.25, 0.3) is 11.8 Å². The molecule has 7 nitrogen and oxygen atoms in total. The molecule has 0 radical (unpaired) electrons. The second-order valence-electron chi connectivity index (χ2n) is 9.78. The van der Waals surface area contributed by atoms with Gasteiger partial charge >= 0.3 is 6.03 Å². The molecule has 1 unspecified atom stereocenters. The summed E-state index contributed by atoms with van der Waals surface area (Å²) in [5, 5.41) is 4.22. The van der Waals surface area contributed by atoms with Crippen LogP contribution in [0.2, 0.25) is 0 Å². The number of carbonyl (C=O) groups is 3. The van der Waals surface area contributed by atoms with Crippen LogP contribution in [0.5, 0.6) is 0 Å². The standard InChI is InChI=1S/C27H28N4O3/c1-27-23-21(20-9-5-6-10-22(20)29-23)15-16-30(27)26(34)31(25(27)33)19-13-11-17(12-14-19)24(32)28-18-7-3-2-4-8-18/h5-6,9-14,18,29H,2-4,7-8,15-16H2,1H3,(H,28,32). The van der Waals surface area contributed by atoms with Crippen molar-refractivity contribution >= 4 is 34.4 Å². The number of nitrogens with zero attached hydrogens (tertiary/aromatic N) is 2. The highest BCUT2D eigenvalue weighted by atomic mass is 16.2. The van der Waals surface area contributed by atoms with Gasteiger partial charge in [0.15, 0.2) is 5.54 Å². The number of anilines is 1. The molecule has 3 heterocycles. The molecule has 6 rings (SSSR count). The van der Waals surface area contributed by atoms with Gasteiger partial charge < -0.3 is 15.2 Å². The van der Waals surface area contributed by atoms with Crippen molar-refractivity contribution in [1.82, 2.24) is 15.2 Å². The summed E-state index contributed by atoms with van der Waals surface area (Å²) in [4.78, 5) is 46.2. The molecule has 1 aliphatic carbocycles. The average Bonchev–Trinajstić information content (AvgIpc) is 3.33. The second kappa shape index (κ2) is 7.72. The maximum atomic E-state index is 13.8. The lowest BCUT2D eigenvalue weighted by atomic mass is 9.87. The first-order chi connectivity index (χ1) is 16.5. The Labute approximate surface area is 198 Å². The van der Waals surface area contributed by atoms with E-state index in [1.54, 1.807) is 29.2 Å². The molecule has 1 aromatic heterocycles. The SMILES string of the molecule is CC12C(=O)N(c3ccc(C(=O)NC4CCCCC4)cc3)C(=O)N1CCc1c2[nH]c2ccccc12. The van der Waals surface area contributed by atoms with Gasteiger partial charge in [0, 0.05) is 29.1 Å². The van der Waals surface area contributed by atoms with E-state index in [4.69, 9.17) is 0 Å². The minimum atomic E-state index is -1.08. The van der Waals surface area contributed by atoms with E-state index in [1.165, 1.54) is 11.3 Å². The molecule has 4 amide bonds. The highest BCUT2D eigenvalue weighted by Crippen LogP contribution is 2.45. The van der Waals surface area contributed by atoms with Gasteiger partial charge in [-0.2, -0.15) is 0 Å². The van der Waals surface area contributed by atoms with Crippen molar-refractivity contribution in [2.75, 3.05) is 11.4 Å². The van der Waals surface area contributed by atoms with Crippen LogP contribution < -0.4 is 10.2 Å². The summed E-state index contributed by atoms with van der Waals surface area (Å²) in [5.41, 5.74) is 2.81. The van der Waals surface area contributed by atoms with Gasteiger partial charge in [-0.15, -0.1) is 0 Å². The molecule has 7 heteroatoms. The third-order valence-electron chi connectivity index (χ3n) is 7.80. The zero-order valence-corrected chi connectivity index (χ0v) is 19.3. The summed E-state index contributed by atoms with van der Waals surface area (Å²) >= 11 is 0. The Morgan fingerprint density at radius 2 is 1.76 bits per heavy atom. The Morgan fingerprint density at radius 1 is 1.03 bits per heavy atom. The number of urea groups is 1. The number of H-pyrrole nitrogens is 1. The van der Waals surface area contributed by atoms with Crippen LogP contribution in [0.3, 0.4) is 0 Å². The van der Waals surface area contributed by atoms with E-state index < -0.39 is 5.54 Å². The van der Waals surface area contributed by atoms with E-state index in [2.05, 4.69) is 16.4 Å². The number of fused-ring (bicyclic) bond motifs is 5. The molecule has 2 fully saturated rings. The van der Waals surface area contributed by atoms with Crippen molar-refractivity contribution in [3.8, 4) is 0 Å². The quantitative estimate of drug-likeness (QED) is 0.570. The molecule has 0 bridgehead atoms. The number of imide groups is 1. The summed E-state index contributed by atoms with van der Waals surface area (Å²) < 4.78 is 0. The number of amides is 4. The summed E-state index contributed by atoms with van der Waals surface area (Å²) in [6.07, 6.45) is 6.26. The van der Waals surface area contributed by atoms with Crippen LogP contribution >= 0.6 is 0 Å². The normalized spacial score (nSPS) is 22.7. The Kier molecular flexibility index (Phi) is 4.76. The van der Waals surface area contributed by atoms with Crippen molar-refractivity contribution in [3.63, 3.8) is 0 Å². The molecular formula is C27H28N4O3. The van der Waals surface area contributed by atoms with Gasteiger partial charge in [-0.3, -0.25) is 9.59 Å². The van der Waals surface area contributed by atoms with E-state index in [0.717, 1.165) is 47.8 Å². The number of hydrogen-bond donors (Lipinski definition) is 2. The van der Waals surface area contributed by atoms with Gasteiger partial charge in [0.1, 0.15) is 0 Å². The highest BCUT2D eigenvalue weighted by Gasteiger charge is 2.59.